The van der Waals surface area contributed by atoms with E-state index in [0.717, 1.165) is 43.3 Å². The molecule has 1 aromatic carbocycles. The summed E-state index contributed by atoms with van der Waals surface area (Å²) in [5, 5.41) is 4.77. The zero-order valence-electron chi connectivity index (χ0n) is 18.5. The Morgan fingerprint density at radius 1 is 1.28 bits per heavy atom. The van der Waals surface area contributed by atoms with Crippen LogP contribution in [0.4, 0.5) is 11.4 Å². The maximum Gasteiger partial charge on any atom is 0.257 e. The number of piperidine rings is 1. The Bertz CT molecular complexity index is 1120. The Morgan fingerprint density at radius 2 is 2.09 bits per heavy atom. The van der Waals surface area contributed by atoms with Crippen LogP contribution in [-0.2, 0) is 0 Å². The second-order valence-electron chi connectivity index (χ2n) is 7.90. The molecule has 1 saturated heterocycles. The highest BCUT2D eigenvalue weighted by atomic mass is 35.5. The standard InChI is InChI=1S/C24H27ClN4O2.ClH/c1-4-17-7-5-6-12-29(17)24(30)19-14-26-23-18(10-8-15(2)27-23)22(19)28-20-13-16(25)9-11-21(20)31-3;/h8-11,13-14,17H,4-7,12H2,1-3H3,(H,26,27,28);1H. The molecule has 170 valence electrons. The van der Waals surface area contributed by atoms with Crippen molar-refractivity contribution in [2.24, 2.45) is 0 Å². The first-order valence-corrected chi connectivity index (χ1v) is 11.1. The number of hydrogen-bond donors (Lipinski definition) is 1. The summed E-state index contributed by atoms with van der Waals surface area (Å²) in [5.74, 6) is 0.627. The summed E-state index contributed by atoms with van der Waals surface area (Å²) in [5.41, 5.74) is 3.34. The minimum Gasteiger partial charge on any atom is -0.495 e. The summed E-state index contributed by atoms with van der Waals surface area (Å²) in [6, 6.07) is 9.49. The van der Waals surface area contributed by atoms with Gasteiger partial charge >= 0.3 is 0 Å². The van der Waals surface area contributed by atoms with Gasteiger partial charge in [-0.1, -0.05) is 18.5 Å². The van der Waals surface area contributed by atoms with E-state index in [0.29, 0.717) is 33.4 Å². The van der Waals surface area contributed by atoms with Crippen molar-refractivity contribution in [3.05, 3.63) is 52.8 Å². The molecular formula is C24H28Cl2N4O2. The maximum atomic E-state index is 13.7. The summed E-state index contributed by atoms with van der Waals surface area (Å²) in [4.78, 5) is 24.7. The normalized spacial score (nSPS) is 15.9. The van der Waals surface area contributed by atoms with Gasteiger partial charge in [-0.3, -0.25) is 4.79 Å². The van der Waals surface area contributed by atoms with Crippen molar-refractivity contribution >= 4 is 52.3 Å². The first-order valence-electron chi connectivity index (χ1n) is 10.7. The third-order valence-electron chi connectivity index (χ3n) is 5.88. The molecular weight excluding hydrogens is 447 g/mol. The van der Waals surface area contributed by atoms with Gasteiger partial charge in [-0.05, 0) is 62.9 Å². The van der Waals surface area contributed by atoms with Gasteiger partial charge in [0.05, 0.1) is 24.0 Å². The van der Waals surface area contributed by atoms with Gasteiger partial charge in [-0.2, -0.15) is 0 Å². The van der Waals surface area contributed by atoms with Crippen molar-refractivity contribution in [2.45, 2.75) is 45.6 Å². The smallest absolute Gasteiger partial charge is 0.257 e. The molecule has 4 rings (SSSR count). The Balaban J connectivity index is 0.00000289. The summed E-state index contributed by atoms with van der Waals surface area (Å²) < 4.78 is 5.51. The Hall–Kier alpha value is -2.57. The number of rotatable bonds is 5. The van der Waals surface area contributed by atoms with Crippen LogP contribution in [0.2, 0.25) is 5.02 Å². The number of ether oxygens (including phenoxy) is 1. The first-order chi connectivity index (χ1) is 15.0. The van der Waals surface area contributed by atoms with Crippen LogP contribution in [0.3, 0.4) is 0 Å². The number of anilines is 2. The molecule has 3 heterocycles. The van der Waals surface area contributed by atoms with Gasteiger partial charge in [0.1, 0.15) is 5.75 Å². The minimum atomic E-state index is -0.00924. The number of amides is 1. The number of halogens is 2. The average Bonchev–Trinajstić information content (AvgIpc) is 2.78. The Kier molecular flexibility index (Phi) is 7.80. The molecule has 1 N–H and O–H groups in total. The molecule has 0 radical (unpaired) electrons. The van der Waals surface area contributed by atoms with E-state index in [1.807, 2.05) is 24.0 Å². The molecule has 1 fully saturated rings. The van der Waals surface area contributed by atoms with Crippen LogP contribution in [0.25, 0.3) is 11.0 Å². The first kappa shape index (κ1) is 24.1. The molecule has 1 aliphatic rings. The highest BCUT2D eigenvalue weighted by Crippen LogP contribution is 2.36. The van der Waals surface area contributed by atoms with Gasteiger partial charge in [0.25, 0.3) is 5.91 Å². The number of likely N-dealkylation sites (tertiary alicyclic amines) is 1. The van der Waals surface area contributed by atoms with Crippen molar-refractivity contribution in [1.29, 1.82) is 0 Å². The van der Waals surface area contributed by atoms with Crippen LogP contribution in [0, 0.1) is 6.92 Å². The summed E-state index contributed by atoms with van der Waals surface area (Å²) in [7, 11) is 1.61. The van der Waals surface area contributed by atoms with Crippen molar-refractivity contribution < 1.29 is 9.53 Å². The highest BCUT2D eigenvalue weighted by Gasteiger charge is 2.29. The van der Waals surface area contributed by atoms with E-state index in [2.05, 4.69) is 22.2 Å². The number of carbonyl (C=O) groups excluding carboxylic acids is 1. The zero-order valence-corrected chi connectivity index (χ0v) is 20.1. The molecule has 1 unspecified atom stereocenters. The lowest BCUT2D eigenvalue weighted by atomic mass is 9.98. The fourth-order valence-corrected chi connectivity index (χ4v) is 4.40. The number of carbonyl (C=O) groups is 1. The lowest BCUT2D eigenvalue weighted by molar-refractivity contribution is 0.0609. The Morgan fingerprint density at radius 3 is 2.84 bits per heavy atom. The zero-order chi connectivity index (χ0) is 22.0. The van der Waals surface area contributed by atoms with Gasteiger partial charge in [0, 0.05) is 34.9 Å². The molecule has 0 bridgehead atoms. The van der Waals surface area contributed by atoms with E-state index < -0.39 is 0 Å². The van der Waals surface area contributed by atoms with Gasteiger partial charge in [0.15, 0.2) is 5.65 Å². The predicted octanol–water partition coefficient (Wildman–Crippen LogP) is 6.17. The number of aromatic nitrogens is 2. The van der Waals surface area contributed by atoms with Crippen molar-refractivity contribution in [2.75, 3.05) is 19.0 Å². The van der Waals surface area contributed by atoms with Crippen molar-refractivity contribution in [1.82, 2.24) is 14.9 Å². The molecule has 8 heteroatoms. The molecule has 3 aromatic rings. The number of nitrogens with zero attached hydrogens (tertiary/aromatic N) is 3. The van der Waals surface area contributed by atoms with Gasteiger partial charge in [0.2, 0.25) is 0 Å². The number of methoxy groups -OCH3 is 1. The second kappa shape index (κ2) is 10.4. The number of pyridine rings is 2. The molecule has 2 aromatic heterocycles. The maximum absolute atomic E-state index is 13.7. The predicted molar refractivity (Wildman–Crippen MR) is 132 cm³/mol. The summed E-state index contributed by atoms with van der Waals surface area (Å²) in [6.07, 6.45) is 5.80. The molecule has 32 heavy (non-hydrogen) atoms. The van der Waals surface area contributed by atoms with Crippen LogP contribution in [0.1, 0.15) is 48.7 Å². The van der Waals surface area contributed by atoms with Gasteiger partial charge in [-0.25, -0.2) is 9.97 Å². The van der Waals surface area contributed by atoms with E-state index >= 15 is 0 Å². The molecule has 1 aliphatic heterocycles. The molecule has 6 nitrogen and oxygen atoms in total. The quantitative estimate of drug-likeness (QED) is 0.478. The average molecular weight is 475 g/mol. The van der Waals surface area contributed by atoms with E-state index in [9.17, 15) is 4.79 Å². The monoisotopic (exact) mass is 474 g/mol. The van der Waals surface area contributed by atoms with E-state index in [4.69, 9.17) is 16.3 Å². The van der Waals surface area contributed by atoms with Crippen molar-refractivity contribution in [3.63, 3.8) is 0 Å². The van der Waals surface area contributed by atoms with Crippen molar-refractivity contribution in [3.8, 4) is 5.75 Å². The number of aryl methyl sites for hydroxylation is 1. The SMILES string of the molecule is CCC1CCCCN1C(=O)c1cnc2nc(C)ccc2c1Nc1cc(Cl)ccc1OC.Cl. The molecule has 1 amide bonds. The summed E-state index contributed by atoms with van der Waals surface area (Å²) >= 11 is 6.25. The Labute approximate surface area is 199 Å². The second-order valence-corrected chi connectivity index (χ2v) is 8.33. The molecule has 0 spiro atoms. The summed E-state index contributed by atoms with van der Waals surface area (Å²) in [6.45, 7) is 4.83. The largest absolute Gasteiger partial charge is 0.495 e. The van der Waals surface area contributed by atoms with Gasteiger partial charge < -0.3 is 15.0 Å². The molecule has 0 saturated carbocycles. The number of nitrogens with one attached hydrogen (secondary N) is 1. The van der Waals surface area contributed by atoms with Gasteiger partial charge in [-0.15, -0.1) is 12.4 Å². The number of benzene rings is 1. The van der Waals surface area contributed by atoms with E-state index in [1.54, 1.807) is 31.5 Å². The number of fused-ring (bicyclic) bond motifs is 1. The van der Waals surface area contributed by atoms with E-state index in [1.165, 1.54) is 0 Å². The van der Waals surface area contributed by atoms with Crippen LogP contribution < -0.4 is 10.1 Å². The lowest BCUT2D eigenvalue weighted by Crippen LogP contribution is -2.43. The fraction of sp³-hybridized carbons (Fsp3) is 0.375. The minimum absolute atomic E-state index is 0. The van der Waals surface area contributed by atoms with Crippen LogP contribution in [0.5, 0.6) is 5.75 Å². The molecule has 0 aliphatic carbocycles. The molecule has 1 atom stereocenters. The number of hydrogen-bond acceptors (Lipinski definition) is 5. The fourth-order valence-electron chi connectivity index (χ4n) is 4.23. The topological polar surface area (TPSA) is 67.4 Å². The third kappa shape index (κ3) is 4.76. The van der Waals surface area contributed by atoms with E-state index in [-0.39, 0.29) is 24.4 Å². The highest BCUT2D eigenvalue weighted by molar-refractivity contribution is 6.31. The lowest BCUT2D eigenvalue weighted by Gasteiger charge is -2.35. The van der Waals surface area contributed by atoms with Crippen LogP contribution in [0.15, 0.2) is 36.5 Å². The van der Waals surface area contributed by atoms with Crippen LogP contribution >= 0.6 is 24.0 Å². The van der Waals surface area contributed by atoms with Crippen LogP contribution in [-0.4, -0.2) is 40.5 Å². The third-order valence-corrected chi connectivity index (χ3v) is 6.11.